The molecule has 0 aromatic carbocycles. The van der Waals surface area contributed by atoms with E-state index in [1.54, 1.807) is 14.2 Å². The maximum atomic E-state index is 4.84. The maximum Gasteiger partial charge on any atom is 0.0462 e. The Hall–Kier alpha value is -0.0800. The Kier molecular flexibility index (Phi) is 21.2. The number of unbranched alkanes of at least 4 members (excludes halogenated alkanes) is 3. The summed E-state index contributed by atoms with van der Waals surface area (Å²) < 4.78 is 9.63. The van der Waals surface area contributed by atoms with Crippen LogP contribution in [-0.2, 0) is 9.47 Å². The van der Waals surface area contributed by atoms with Gasteiger partial charge in [-0.05, 0) is 12.8 Å². The lowest BCUT2D eigenvalue weighted by Crippen LogP contribution is -1.85. The molecule has 13 heavy (non-hydrogen) atoms. The summed E-state index contributed by atoms with van der Waals surface area (Å²) in [6.45, 7) is 6.18. The Balaban J connectivity index is 0. The van der Waals surface area contributed by atoms with Gasteiger partial charge in [-0.2, -0.15) is 0 Å². The minimum atomic E-state index is 0.913. The van der Waals surface area contributed by atoms with E-state index in [4.69, 9.17) is 9.47 Å². The van der Waals surface area contributed by atoms with Gasteiger partial charge in [0.15, 0.2) is 0 Å². The van der Waals surface area contributed by atoms with Gasteiger partial charge in [-0.25, -0.2) is 0 Å². The first kappa shape index (κ1) is 15.4. The van der Waals surface area contributed by atoms with E-state index in [1.807, 2.05) is 0 Å². The molecule has 0 unspecified atom stereocenters. The van der Waals surface area contributed by atoms with Crippen molar-refractivity contribution in [1.82, 2.24) is 0 Å². The van der Waals surface area contributed by atoms with Crippen molar-refractivity contribution in [2.75, 3.05) is 27.4 Å². The van der Waals surface area contributed by atoms with Crippen LogP contribution in [0.5, 0.6) is 0 Å². The predicted octanol–water partition coefficient (Wildman–Crippen LogP) is 3.26. The van der Waals surface area contributed by atoms with Crippen LogP contribution in [0.2, 0.25) is 0 Å². The molecule has 0 N–H and O–H groups in total. The summed E-state index contributed by atoms with van der Waals surface area (Å²) in [5, 5.41) is 0. The third-order valence-corrected chi connectivity index (χ3v) is 1.65. The quantitative estimate of drug-likeness (QED) is 0.574. The van der Waals surface area contributed by atoms with E-state index in [-0.39, 0.29) is 0 Å². The van der Waals surface area contributed by atoms with Gasteiger partial charge in [-0.1, -0.05) is 33.1 Å². The summed E-state index contributed by atoms with van der Waals surface area (Å²) in [7, 11) is 3.48. The van der Waals surface area contributed by atoms with Crippen LogP contribution in [-0.4, -0.2) is 27.4 Å². The summed E-state index contributed by atoms with van der Waals surface area (Å²) >= 11 is 0. The standard InChI is InChI=1S/C6H14O.C5H12O/c1-3-4-5-6-7-2;1-3-4-5-6-2/h3-6H2,1-2H3;3-5H2,1-2H3. The van der Waals surface area contributed by atoms with E-state index in [0.717, 1.165) is 13.2 Å². The van der Waals surface area contributed by atoms with Gasteiger partial charge in [0.25, 0.3) is 0 Å². The first-order chi connectivity index (χ1) is 6.33. The highest BCUT2D eigenvalue weighted by Gasteiger charge is 1.79. The zero-order valence-corrected chi connectivity index (χ0v) is 9.77. The number of ether oxygens (including phenoxy) is 2. The van der Waals surface area contributed by atoms with Crippen molar-refractivity contribution in [1.29, 1.82) is 0 Å². The second-order valence-corrected chi connectivity index (χ2v) is 3.05. The summed E-state index contributed by atoms with van der Waals surface area (Å²) in [6, 6.07) is 0. The van der Waals surface area contributed by atoms with Crippen molar-refractivity contribution in [3.05, 3.63) is 0 Å². The molecule has 0 radical (unpaired) electrons. The van der Waals surface area contributed by atoms with Gasteiger partial charge in [-0.15, -0.1) is 0 Å². The van der Waals surface area contributed by atoms with Gasteiger partial charge < -0.3 is 9.47 Å². The fourth-order valence-corrected chi connectivity index (χ4v) is 0.785. The molecule has 0 amide bonds. The van der Waals surface area contributed by atoms with Gasteiger partial charge in [-0.3, -0.25) is 0 Å². The molecule has 0 fully saturated rings. The minimum absolute atomic E-state index is 0.913. The topological polar surface area (TPSA) is 18.5 Å². The molecule has 0 aromatic heterocycles. The van der Waals surface area contributed by atoms with Gasteiger partial charge in [0.05, 0.1) is 0 Å². The van der Waals surface area contributed by atoms with Crippen molar-refractivity contribution in [2.45, 2.75) is 46.0 Å². The summed E-state index contributed by atoms with van der Waals surface area (Å²) in [5.41, 5.74) is 0. The first-order valence-electron chi connectivity index (χ1n) is 5.31. The van der Waals surface area contributed by atoms with Crippen molar-refractivity contribution in [3.63, 3.8) is 0 Å². The van der Waals surface area contributed by atoms with Crippen LogP contribution in [0.3, 0.4) is 0 Å². The second kappa shape index (κ2) is 17.9. The average Bonchev–Trinajstić information content (AvgIpc) is 2.17. The van der Waals surface area contributed by atoms with Crippen LogP contribution >= 0.6 is 0 Å². The molecule has 0 aliphatic heterocycles. The molecule has 0 aliphatic carbocycles. The molecule has 0 spiro atoms. The molecule has 2 nitrogen and oxygen atoms in total. The lowest BCUT2D eigenvalue weighted by molar-refractivity contribution is 0.192. The highest BCUT2D eigenvalue weighted by atomic mass is 16.5. The van der Waals surface area contributed by atoms with E-state index >= 15 is 0 Å². The molecular weight excluding hydrogens is 164 g/mol. The van der Waals surface area contributed by atoms with Crippen molar-refractivity contribution >= 4 is 0 Å². The van der Waals surface area contributed by atoms with Gasteiger partial charge in [0, 0.05) is 27.4 Å². The van der Waals surface area contributed by atoms with Crippen LogP contribution in [0.25, 0.3) is 0 Å². The zero-order chi connectivity index (χ0) is 10.4. The third-order valence-electron chi connectivity index (χ3n) is 1.65. The number of rotatable bonds is 7. The number of hydrogen-bond donors (Lipinski definition) is 0. The molecule has 0 saturated carbocycles. The molecular formula is C11H26O2. The molecule has 0 aliphatic rings. The van der Waals surface area contributed by atoms with Crippen molar-refractivity contribution in [2.24, 2.45) is 0 Å². The normalized spacial score (nSPS) is 9.23. The Morgan fingerprint density at radius 3 is 1.46 bits per heavy atom. The molecule has 2 heteroatoms. The SMILES string of the molecule is CCCCCOC.CCCCOC. The van der Waals surface area contributed by atoms with E-state index in [9.17, 15) is 0 Å². The monoisotopic (exact) mass is 190 g/mol. The molecule has 0 aromatic rings. The second-order valence-electron chi connectivity index (χ2n) is 3.05. The molecule has 82 valence electrons. The minimum Gasteiger partial charge on any atom is -0.385 e. The Morgan fingerprint density at radius 2 is 1.15 bits per heavy atom. The Morgan fingerprint density at radius 1 is 0.692 bits per heavy atom. The molecule has 0 rings (SSSR count). The Labute approximate surface area is 83.6 Å². The first-order valence-corrected chi connectivity index (χ1v) is 5.31. The lowest BCUT2D eigenvalue weighted by Gasteiger charge is -1.92. The van der Waals surface area contributed by atoms with E-state index in [1.165, 1.54) is 32.1 Å². The van der Waals surface area contributed by atoms with E-state index in [2.05, 4.69) is 13.8 Å². The molecule has 0 heterocycles. The fraction of sp³-hybridized carbons (Fsp3) is 1.00. The van der Waals surface area contributed by atoms with Crippen LogP contribution in [0, 0.1) is 0 Å². The van der Waals surface area contributed by atoms with Crippen LogP contribution in [0.1, 0.15) is 46.0 Å². The van der Waals surface area contributed by atoms with E-state index < -0.39 is 0 Å². The maximum absolute atomic E-state index is 4.84. The van der Waals surface area contributed by atoms with Crippen molar-refractivity contribution < 1.29 is 9.47 Å². The largest absolute Gasteiger partial charge is 0.385 e. The Bertz CT molecular complexity index is 57.1. The fourth-order valence-electron chi connectivity index (χ4n) is 0.785. The molecule has 0 atom stereocenters. The van der Waals surface area contributed by atoms with Gasteiger partial charge in [0.1, 0.15) is 0 Å². The number of hydrogen-bond acceptors (Lipinski definition) is 2. The van der Waals surface area contributed by atoms with Gasteiger partial charge in [0.2, 0.25) is 0 Å². The van der Waals surface area contributed by atoms with E-state index in [0.29, 0.717) is 0 Å². The third kappa shape index (κ3) is 24.5. The molecule has 0 saturated heterocycles. The van der Waals surface area contributed by atoms with Gasteiger partial charge >= 0.3 is 0 Å². The van der Waals surface area contributed by atoms with Crippen LogP contribution in [0.15, 0.2) is 0 Å². The summed E-state index contributed by atoms with van der Waals surface area (Å²) in [6.07, 6.45) is 6.22. The lowest BCUT2D eigenvalue weighted by atomic mass is 10.3. The summed E-state index contributed by atoms with van der Waals surface area (Å²) in [5.74, 6) is 0. The number of methoxy groups -OCH3 is 2. The zero-order valence-electron chi connectivity index (χ0n) is 9.77. The summed E-state index contributed by atoms with van der Waals surface area (Å²) in [4.78, 5) is 0. The highest BCUT2D eigenvalue weighted by molar-refractivity contribution is 4.32. The average molecular weight is 190 g/mol. The molecule has 0 bridgehead atoms. The van der Waals surface area contributed by atoms with Crippen LogP contribution < -0.4 is 0 Å². The predicted molar refractivity (Wildman–Crippen MR) is 58.2 cm³/mol. The highest BCUT2D eigenvalue weighted by Crippen LogP contribution is 1.91. The van der Waals surface area contributed by atoms with Crippen molar-refractivity contribution in [3.8, 4) is 0 Å². The smallest absolute Gasteiger partial charge is 0.0462 e. The van der Waals surface area contributed by atoms with Crippen LogP contribution in [0.4, 0.5) is 0 Å².